The first kappa shape index (κ1) is 15.8. The second kappa shape index (κ2) is 7.46. The van der Waals surface area contributed by atoms with E-state index >= 15 is 0 Å². The number of rotatable bonds is 7. The van der Waals surface area contributed by atoms with Crippen molar-refractivity contribution < 1.29 is 14.3 Å². The zero-order valence-corrected chi connectivity index (χ0v) is 12.3. The second-order valence-electron chi connectivity index (χ2n) is 4.71. The predicted molar refractivity (Wildman–Crippen MR) is 80.9 cm³/mol. The highest BCUT2D eigenvalue weighted by atomic mass is 16.5. The van der Waals surface area contributed by atoms with Gasteiger partial charge < -0.3 is 15.8 Å². The molecule has 7 heteroatoms. The van der Waals surface area contributed by atoms with Gasteiger partial charge >= 0.3 is 0 Å². The summed E-state index contributed by atoms with van der Waals surface area (Å²) in [5.41, 5.74) is 7.41. The van der Waals surface area contributed by atoms with E-state index in [-0.39, 0.29) is 18.9 Å². The maximum absolute atomic E-state index is 11.6. The molecule has 0 aliphatic heterocycles. The summed E-state index contributed by atoms with van der Waals surface area (Å²) in [6.45, 7) is 2.10. The largest absolute Gasteiger partial charge is 0.372 e. The number of primary amides is 1. The number of hydrogen-bond donors (Lipinski definition) is 2. The van der Waals surface area contributed by atoms with Crippen LogP contribution >= 0.6 is 0 Å². The first-order valence-electron chi connectivity index (χ1n) is 6.97. The molecule has 0 spiro atoms. The van der Waals surface area contributed by atoms with Crippen LogP contribution in [0.3, 0.4) is 0 Å². The number of carbonyl (C=O) groups excluding carboxylic acids is 2. The summed E-state index contributed by atoms with van der Waals surface area (Å²) in [5, 5.41) is 2.54. The van der Waals surface area contributed by atoms with Crippen molar-refractivity contribution in [3.63, 3.8) is 0 Å². The van der Waals surface area contributed by atoms with Crippen LogP contribution in [0.4, 0.5) is 0 Å². The maximum Gasteiger partial charge on any atom is 0.246 e. The molecule has 0 saturated heterocycles. The number of nitrogens with two attached hydrogens (primary N) is 1. The van der Waals surface area contributed by atoms with Crippen LogP contribution in [0.1, 0.15) is 12.6 Å². The number of aromatic nitrogens is 2. The van der Waals surface area contributed by atoms with E-state index < -0.39 is 11.9 Å². The Hall–Kier alpha value is -2.54. The monoisotopic (exact) mass is 302 g/mol. The van der Waals surface area contributed by atoms with Crippen molar-refractivity contribution in [1.82, 2.24) is 15.3 Å². The van der Waals surface area contributed by atoms with E-state index in [9.17, 15) is 9.59 Å². The second-order valence-corrected chi connectivity index (χ2v) is 4.71. The van der Waals surface area contributed by atoms with Crippen LogP contribution in [0.15, 0.2) is 30.5 Å². The average molecular weight is 302 g/mol. The van der Waals surface area contributed by atoms with Gasteiger partial charge in [-0.3, -0.25) is 14.6 Å². The number of ether oxygens (including phenoxy) is 1. The number of amides is 2. The lowest BCUT2D eigenvalue weighted by Gasteiger charge is -2.15. The molecule has 2 rings (SSSR count). The van der Waals surface area contributed by atoms with E-state index in [0.29, 0.717) is 12.3 Å². The number of carbonyl (C=O) groups is 2. The first-order valence-corrected chi connectivity index (χ1v) is 6.97. The van der Waals surface area contributed by atoms with Gasteiger partial charge in [-0.25, -0.2) is 4.98 Å². The highest BCUT2D eigenvalue weighted by Gasteiger charge is 2.19. The van der Waals surface area contributed by atoms with Gasteiger partial charge in [0.15, 0.2) is 0 Å². The van der Waals surface area contributed by atoms with Gasteiger partial charge in [0.1, 0.15) is 12.6 Å². The Morgan fingerprint density at radius 3 is 2.73 bits per heavy atom. The number of nitrogens with one attached hydrogen (secondary N) is 1. The van der Waals surface area contributed by atoms with Gasteiger partial charge in [-0.15, -0.1) is 0 Å². The van der Waals surface area contributed by atoms with Gasteiger partial charge in [-0.05, 0) is 19.1 Å². The third-order valence-corrected chi connectivity index (χ3v) is 3.03. The van der Waals surface area contributed by atoms with E-state index in [1.807, 2.05) is 24.3 Å². The minimum atomic E-state index is -0.844. The normalized spacial score (nSPS) is 12.0. The zero-order valence-electron chi connectivity index (χ0n) is 12.3. The highest BCUT2D eigenvalue weighted by molar-refractivity contribution is 5.87. The summed E-state index contributed by atoms with van der Waals surface area (Å²) in [6.07, 6.45) is 1.76. The number of benzene rings is 1. The molecular weight excluding hydrogens is 284 g/mol. The molecule has 2 aromatic rings. The van der Waals surface area contributed by atoms with E-state index in [4.69, 9.17) is 10.5 Å². The van der Waals surface area contributed by atoms with E-state index in [0.717, 1.165) is 11.0 Å². The molecule has 22 heavy (non-hydrogen) atoms. The zero-order chi connectivity index (χ0) is 15.9. The Morgan fingerprint density at radius 1 is 1.32 bits per heavy atom. The van der Waals surface area contributed by atoms with Crippen LogP contribution in [0.25, 0.3) is 11.0 Å². The van der Waals surface area contributed by atoms with Crippen molar-refractivity contribution in [2.75, 3.05) is 13.2 Å². The average Bonchev–Trinajstić information content (AvgIpc) is 2.52. The number of para-hydroxylation sites is 2. The lowest BCUT2D eigenvalue weighted by atomic mass is 10.1. The molecule has 1 heterocycles. The van der Waals surface area contributed by atoms with Crippen LogP contribution in [0.5, 0.6) is 0 Å². The predicted octanol–water partition coefficient (Wildman–Crippen LogP) is 0.179. The summed E-state index contributed by atoms with van der Waals surface area (Å²) >= 11 is 0. The van der Waals surface area contributed by atoms with Crippen molar-refractivity contribution in [1.29, 1.82) is 0 Å². The third kappa shape index (κ3) is 4.23. The molecule has 3 N–H and O–H groups in total. The standard InChI is InChI=1S/C15H18N4O3/c1-2-22-9-14(20)19-13(15(16)21)7-10-8-17-11-5-3-4-6-12(11)18-10/h3-6,8,13H,2,7,9H2,1H3,(H2,16,21)(H,19,20)/t13-/m0/s1. The van der Waals surface area contributed by atoms with Gasteiger partial charge in [0, 0.05) is 19.2 Å². The van der Waals surface area contributed by atoms with Crippen LogP contribution in [-0.4, -0.2) is 41.0 Å². The number of fused-ring (bicyclic) bond motifs is 1. The summed E-state index contributed by atoms with van der Waals surface area (Å²) in [6, 6.07) is 6.57. The molecule has 0 aliphatic carbocycles. The van der Waals surface area contributed by atoms with Crippen LogP contribution < -0.4 is 11.1 Å². The van der Waals surface area contributed by atoms with Crippen LogP contribution in [-0.2, 0) is 20.7 Å². The SMILES string of the molecule is CCOCC(=O)N[C@@H](Cc1cnc2ccccc2n1)C(N)=O. The number of nitrogens with zero attached hydrogens (tertiary/aromatic N) is 2. The molecule has 0 saturated carbocycles. The molecule has 116 valence electrons. The molecule has 0 bridgehead atoms. The van der Waals surface area contributed by atoms with Crippen molar-refractivity contribution in [2.24, 2.45) is 5.73 Å². The molecule has 0 fully saturated rings. The minimum Gasteiger partial charge on any atom is -0.372 e. The fourth-order valence-corrected chi connectivity index (χ4v) is 1.96. The molecule has 0 unspecified atom stereocenters. The Kier molecular flexibility index (Phi) is 5.37. The van der Waals surface area contributed by atoms with Gasteiger partial charge in [-0.1, -0.05) is 12.1 Å². The smallest absolute Gasteiger partial charge is 0.246 e. The van der Waals surface area contributed by atoms with Crippen molar-refractivity contribution in [3.05, 3.63) is 36.2 Å². The highest BCUT2D eigenvalue weighted by Crippen LogP contribution is 2.09. The van der Waals surface area contributed by atoms with Crippen molar-refractivity contribution >= 4 is 22.8 Å². The molecule has 1 aromatic carbocycles. The van der Waals surface area contributed by atoms with Gasteiger partial charge in [0.25, 0.3) is 0 Å². The number of hydrogen-bond acceptors (Lipinski definition) is 5. The molecule has 1 atom stereocenters. The lowest BCUT2D eigenvalue weighted by Crippen LogP contribution is -2.47. The van der Waals surface area contributed by atoms with Crippen molar-refractivity contribution in [3.8, 4) is 0 Å². The molecular formula is C15H18N4O3. The lowest BCUT2D eigenvalue weighted by molar-refractivity contribution is -0.130. The summed E-state index contributed by atoms with van der Waals surface area (Å²) in [5.74, 6) is -1.01. The Bertz CT molecular complexity index is 675. The Morgan fingerprint density at radius 2 is 2.05 bits per heavy atom. The summed E-state index contributed by atoms with van der Waals surface area (Å²) < 4.78 is 4.99. The van der Waals surface area contributed by atoms with Crippen LogP contribution in [0, 0.1) is 0 Å². The molecule has 2 amide bonds. The molecule has 1 aromatic heterocycles. The van der Waals surface area contributed by atoms with Crippen molar-refractivity contribution in [2.45, 2.75) is 19.4 Å². The first-order chi connectivity index (χ1) is 10.6. The third-order valence-electron chi connectivity index (χ3n) is 3.03. The summed E-state index contributed by atoms with van der Waals surface area (Å²) in [4.78, 5) is 31.8. The van der Waals surface area contributed by atoms with Crippen LogP contribution in [0.2, 0.25) is 0 Å². The van der Waals surface area contributed by atoms with Gasteiger partial charge in [0.05, 0.1) is 16.7 Å². The molecule has 7 nitrogen and oxygen atoms in total. The topological polar surface area (TPSA) is 107 Å². The fourth-order valence-electron chi connectivity index (χ4n) is 1.96. The fraction of sp³-hybridized carbons (Fsp3) is 0.333. The van der Waals surface area contributed by atoms with Gasteiger partial charge in [-0.2, -0.15) is 0 Å². The maximum atomic E-state index is 11.6. The summed E-state index contributed by atoms with van der Waals surface area (Å²) in [7, 11) is 0. The van der Waals surface area contributed by atoms with E-state index in [1.165, 1.54) is 0 Å². The Balaban J connectivity index is 2.08. The Labute approximate surface area is 127 Å². The van der Waals surface area contributed by atoms with E-state index in [1.54, 1.807) is 13.1 Å². The molecule has 0 radical (unpaired) electrons. The van der Waals surface area contributed by atoms with Gasteiger partial charge in [0.2, 0.25) is 11.8 Å². The minimum absolute atomic E-state index is 0.107. The van der Waals surface area contributed by atoms with E-state index in [2.05, 4.69) is 15.3 Å². The molecule has 0 aliphatic rings. The quantitative estimate of drug-likeness (QED) is 0.758.